The van der Waals surface area contributed by atoms with Crippen molar-refractivity contribution in [3.63, 3.8) is 0 Å². The maximum absolute atomic E-state index is 12.0. The van der Waals surface area contributed by atoms with Crippen LogP contribution in [0.2, 0.25) is 0 Å². The van der Waals surface area contributed by atoms with Crippen LogP contribution < -0.4 is 0 Å². The van der Waals surface area contributed by atoms with Gasteiger partial charge in [-0.25, -0.2) is 0 Å². The first kappa shape index (κ1) is 11.0. The zero-order valence-corrected chi connectivity index (χ0v) is 10.3. The standard InChI is InChI=1S/C11H10BrN3O/c1-15-11(9(12)7-14-15)10(16)5-8-3-2-4-13-6-8/h2-4,6-7H,5H2,1H3. The smallest absolute Gasteiger partial charge is 0.186 e. The number of rotatable bonds is 3. The molecule has 0 atom stereocenters. The molecule has 0 fully saturated rings. The highest BCUT2D eigenvalue weighted by Crippen LogP contribution is 2.17. The third-order valence-electron chi connectivity index (χ3n) is 2.25. The Morgan fingerprint density at radius 3 is 2.88 bits per heavy atom. The van der Waals surface area contributed by atoms with E-state index in [-0.39, 0.29) is 5.78 Å². The topological polar surface area (TPSA) is 47.8 Å². The summed E-state index contributed by atoms with van der Waals surface area (Å²) in [6, 6.07) is 3.70. The van der Waals surface area contributed by atoms with Gasteiger partial charge in [-0.15, -0.1) is 0 Å². The van der Waals surface area contributed by atoms with Crippen molar-refractivity contribution in [2.24, 2.45) is 7.05 Å². The number of aromatic nitrogens is 3. The van der Waals surface area contributed by atoms with Crippen molar-refractivity contribution in [2.45, 2.75) is 6.42 Å². The van der Waals surface area contributed by atoms with Crippen molar-refractivity contribution in [1.82, 2.24) is 14.8 Å². The van der Waals surface area contributed by atoms with E-state index >= 15 is 0 Å². The van der Waals surface area contributed by atoms with E-state index in [4.69, 9.17) is 0 Å². The molecule has 0 saturated heterocycles. The number of hydrogen-bond donors (Lipinski definition) is 0. The van der Waals surface area contributed by atoms with Crippen molar-refractivity contribution < 1.29 is 4.79 Å². The van der Waals surface area contributed by atoms with Crippen LogP contribution in [0.1, 0.15) is 16.1 Å². The van der Waals surface area contributed by atoms with E-state index in [2.05, 4.69) is 26.0 Å². The molecule has 2 aromatic heterocycles. The first-order valence-electron chi connectivity index (χ1n) is 4.78. The molecular weight excluding hydrogens is 270 g/mol. The molecule has 0 aliphatic heterocycles. The fourth-order valence-corrected chi connectivity index (χ4v) is 2.07. The van der Waals surface area contributed by atoms with Gasteiger partial charge in [-0.1, -0.05) is 6.07 Å². The quantitative estimate of drug-likeness (QED) is 0.808. The second-order valence-electron chi connectivity index (χ2n) is 3.43. The lowest BCUT2D eigenvalue weighted by Gasteiger charge is -2.02. The highest BCUT2D eigenvalue weighted by atomic mass is 79.9. The van der Waals surface area contributed by atoms with E-state index in [9.17, 15) is 4.79 Å². The average molecular weight is 280 g/mol. The molecule has 0 spiro atoms. The minimum absolute atomic E-state index is 0.0277. The molecule has 0 N–H and O–H groups in total. The number of Topliss-reactive ketones (excluding diaryl/α,β-unsaturated/α-hetero) is 1. The van der Waals surface area contributed by atoms with Gasteiger partial charge in [0.25, 0.3) is 0 Å². The van der Waals surface area contributed by atoms with E-state index < -0.39 is 0 Å². The summed E-state index contributed by atoms with van der Waals surface area (Å²) in [4.78, 5) is 16.0. The van der Waals surface area contributed by atoms with Crippen molar-refractivity contribution in [1.29, 1.82) is 0 Å². The maximum atomic E-state index is 12.0. The molecule has 0 bridgehead atoms. The highest BCUT2D eigenvalue weighted by molar-refractivity contribution is 9.10. The molecule has 0 aromatic carbocycles. The Morgan fingerprint density at radius 2 is 2.31 bits per heavy atom. The molecule has 0 aliphatic rings. The van der Waals surface area contributed by atoms with Gasteiger partial charge in [-0.05, 0) is 27.6 Å². The first-order chi connectivity index (χ1) is 7.68. The summed E-state index contributed by atoms with van der Waals surface area (Å²) in [5, 5.41) is 4.01. The lowest BCUT2D eigenvalue weighted by Crippen LogP contribution is -2.10. The van der Waals surface area contributed by atoms with Gasteiger partial charge in [0.15, 0.2) is 5.78 Å². The van der Waals surface area contributed by atoms with Gasteiger partial charge >= 0.3 is 0 Å². The summed E-state index contributed by atoms with van der Waals surface area (Å²) in [5.41, 5.74) is 1.49. The predicted octanol–water partition coefficient (Wildman–Crippen LogP) is 2.00. The average Bonchev–Trinajstić information content (AvgIpc) is 2.60. The summed E-state index contributed by atoms with van der Waals surface area (Å²) < 4.78 is 2.30. The van der Waals surface area contributed by atoms with Crippen molar-refractivity contribution in [2.75, 3.05) is 0 Å². The number of carbonyl (C=O) groups excluding carboxylic acids is 1. The van der Waals surface area contributed by atoms with E-state index in [0.29, 0.717) is 12.1 Å². The molecule has 2 aromatic rings. The van der Waals surface area contributed by atoms with Gasteiger partial charge in [-0.2, -0.15) is 5.10 Å². The largest absolute Gasteiger partial charge is 0.292 e. The van der Waals surface area contributed by atoms with Gasteiger partial charge < -0.3 is 0 Å². The Morgan fingerprint density at radius 1 is 1.50 bits per heavy atom. The lowest BCUT2D eigenvalue weighted by molar-refractivity contribution is 0.0983. The van der Waals surface area contributed by atoms with Crippen molar-refractivity contribution >= 4 is 21.7 Å². The molecule has 0 aliphatic carbocycles. The van der Waals surface area contributed by atoms with Gasteiger partial charge in [0, 0.05) is 25.9 Å². The number of pyridine rings is 1. The maximum Gasteiger partial charge on any atom is 0.186 e. The minimum atomic E-state index is 0.0277. The summed E-state index contributed by atoms with van der Waals surface area (Å²) in [6.45, 7) is 0. The molecule has 0 saturated carbocycles. The third kappa shape index (κ3) is 2.19. The molecule has 2 heterocycles. The number of hydrogen-bond acceptors (Lipinski definition) is 3. The Balaban J connectivity index is 2.22. The van der Waals surface area contributed by atoms with Crippen LogP contribution in [0.4, 0.5) is 0 Å². The molecule has 82 valence electrons. The molecule has 0 unspecified atom stereocenters. The summed E-state index contributed by atoms with van der Waals surface area (Å²) in [6.07, 6.45) is 5.35. The number of aryl methyl sites for hydroxylation is 1. The fourth-order valence-electron chi connectivity index (χ4n) is 1.50. The zero-order chi connectivity index (χ0) is 11.5. The first-order valence-corrected chi connectivity index (χ1v) is 5.57. The van der Waals surface area contributed by atoms with Crippen LogP contribution in [0.5, 0.6) is 0 Å². The van der Waals surface area contributed by atoms with Crippen molar-refractivity contribution in [3.8, 4) is 0 Å². The Kier molecular flexibility index (Phi) is 3.14. The molecule has 0 radical (unpaired) electrons. The monoisotopic (exact) mass is 279 g/mol. The van der Waals surface area contributed by atoms with E-state index in [0.717, 1.165) is 10.0 Å². The normalized spacial score (nSPS) is 10.4. The summed E-state index contributed by atoms with van der Waals surface area (Å²) in [7, 11) is 1.75. The third-order valence-corrected chi connectivity index (χ3v) is 2.83. The second-order valence-corrected chi connectivity index (χ2v) is 4.28. The minimum Gasteiger partial charge on any atom is -0.292 e. The lowest BCUT2D eigenvalue weighted by atomic mass is 10.1. The van der Waals surface area contributed by atoms with Crippen LogP contribution in [-0.2, 0) is 13.5 Å². The number of ketones is 1. The molecule has 16 heavy (non-hydrogen) atoms. The SMILES string of the molecule is Cn1ncc(Br)c1C(=O)Cc1cccnc1. The zero-order valence-electron chi connectivity index (χ0n) is 8.72. The van der Waals surface area contributed by atoms with Gasteiger partial charge in [0.1, 0.15) is 5.69 Å². The highest BCUT2D eigenvalue weighted by Gasteiger charge is 2.15. The number of carbonyl (C=O) groups is 1. The molecular formula is C11H10BrN3O. The molecule has 2 rings (SSSR count). The van der Waals surface area contributed by atoms with Gasteiger partial charge in [-0.3, -0.25) is 14.5 Å². The van der Waals surface area contributed by atoms with E-state index in [1.807, 2.05) is 12.1 Å². The Bertz CT molecular complexity index is 488. The van der Waals surface area contributed by atoms with E-state index in [1.54, 1.807) is 30.3 Å². The number of nitrogens with zero attached hydrogens (tertiary/aromatic N) is 3. The van der Waals surface area contributed by atoms with Crippen LogP contribution in [0.15, 0.2) is 35.2 Å². The second kappa shape index (κ2) is 4.57. The van der Waals surface area contributed by atoms with Crippen molar-refractivity contribution in [3.05, 3.63) is 46.5 Å². The molecule has 4 nitrogen and oxygen atoms in total. The van der Waals surface area contributed by atoms with Crippen LogP contribution in [-0.4, -0.2) is 20.5 Å². The predicted molar refractivity (Wildman–Crippen MR) is 63.2 cm³/mol. The van der Waals surface area contributed by atoms with Gasteiger partial charge in [0.2, 0.25) is 0 Å². The van der Waals surface area contributed by atoms with Gasteiger partial charge in [0.05, 0.1) is 10.7 Å². The van der Waals surface area contributed by atoms with Crippen LogP contribution in [0.25, 0.3) is 0 Å². The summed E-state index contributed by atoms with van der Waals surface area (Å²) >= 11 is 3.31. The van der Waals surface area contributed by atoms with Crippen LogP contribution in [0, 0.1) is 0 Å². The molecule has 0 amide bonds. The van der Waals surface area contributed by atoms with E-state index in [1.165, 1.54) is 0 Å². The summed E-state index contributed by atoms with van der Waals surface area (Å²) in [5.74, 6) is 0.0277. The Labute approximate surface area is 101 Å². The Hall–Kier alpha value is -1.49. The number of halogens is 1. The molecule has 5 heteroatoms. The fraction of sp³-hybridized carbons (Fsp3) is 0.182. The van der Waals surface area contributed by atoms with Crippen LogP contribution >= 0.6 is 15.9 Å². The van der Waals surface area contributed by atoms with Crippen LogP contribution in [0.3, 0.4) is 0 Å².